The van der Waals surface area contributed by atoms with E-state index in [0.717, 1.165) is 11.1 Å². The second-order valence-corrected chi connectivity index (χ2v) is 6.20. The number of halogens is 1. The molecule has 0 fully saturated rings. The first-order valence-corrected chi connectivity index (χ1v) is 7.34. The summed E-state index contributed by atoms with van der Waals surface area (Å²) in [5.41, 5.74) is 1.60. The molecule has 0 aliphatic rings. The number of rotatable bonds is 3. The van der Waals surface area contributed by atoms with E-state index in [1.54, 1.807) is 17.4 Å². The lowest BCUT2D eigenvalue weighted by atomic mass is 10.1. The molecule has 2 nitrogen and oxygen atoms in total. The molecule has 0 aliphatic heterocycles. The fraction of sp³-hybridized carbons (Fsp3) is 0.250. The summed E-state index contributed by atoms with van der Waals surface area (Å²) in [6.07, 6.45) is 0. The molecule has 1 N–H and O–H groups in total. The molecule has 4 heteroatoms. The van der Waals surface area contributed by atoms with Crippen LogP contribution in [0.15, 0.2) is 34.7 Å². The maximum absolute atomic E-state index is 13.7. The Balaban J connectivity index is 2.09. The van der Waals surface area contributed by atoms with Crippen molar-refractivity contribution in [1.82, 2.24) is 5.32 Å². The molecule has 0 saturated heterocycles. The standard InChI is InChI=1S/C16H16FNOS/c1-9-7-14(20-10(9)2)15(18-3)13-8-11-5-4-6-12(17)16(11)19-13/h4-8,15,18H,1-3H3. The van der Waals surface area contributed by atoms with E-state index in [1.807, 2.05) is 19.2 Å². The molecule has 1 aromatic carbocycles. The van der Waals surface area contributed by atoms with Crippen LogP contribution in [0.2, 0.25) is 0 Å². The summed E-state index contributed by atoms with van der Waals surface area (Å²) in [4.78, 5) is 2.48. The number of para-hydroxylation sites is 1. The van der Waals surface area contributed by atoms with Crippen LogP contribution in [0.5, 0.6) is 0 Å². The number of benzene rings is 1. The van der Waals surface area contributed by atoms with Crippen LogP contribution < -0.4 is 5.32 Å². The van der Waals surface area contributed by atoms with Crippen molar-refractivity contribution in [2.45, 2.75) is 19.9 Å². The maximum atomic E-state index is 13.7. The predicted molar refractivity (Wildman–Crippen MR) is 80.9 cm³/mol. The third kappa shape index (κ3) is 2.15. The molecule has 1 atom stereocenters. The summed E-state index contributed by atoms with van der Waals surface area (Å²) < 4.78 is 19.5. The second kappa shape index (κ2) is 5.04. The molecular formula is C16H16FNOS. The van der Waals surface area contributed by atoms with Gasteiger partial charge in [0.25, 0.3) is 0 Å². The van der Waals surface area contributed by atoms with Crippen LogP contribution in [0.3, 0.4) is 0 Å². The molecule has 0 saturated carbocycles. The zero-order valence-electron chi connectivity index (χ0n) is 11.7. The first-order valence-electron chi connectivity index (χ1n) is 6.52. The normalized spacial score (nSPS) is 13.0. The number of fused-ring (bicyclic) bond motifs is 1. The number of nitrogens with one attached hydrogen (secondary N) is 1. The fourth-order valence-corrected chi connectivity index (χ4v) is 3.52. The van der Waals surface area contributed by atoms with Crippen LogP contribution in [0.1, 0.15) is 27.1 Å². The van der Waals surface area contributed by atoms with Crippen LogP contribution in [0.25, 0.3) is 11.0 Å². The topological polar surface area (TPSA) is 25.2 Å². The number of hydrogen-bond donors (Lipinski definition) is 1. The molecule has 2 aromatic heterocycles. The minimum absolute atomic E-state index is 0.0424. The molecule has 0 radical (unpaired) electrons. The zero-order valence-corrected chi connectivity index (χ0v) is 12.5. The highest BCUT2D eigenvalue weighted by Gasteiger charge is 2.20. The highest BCUT2D eigenvalue weighted by molar-refractivity contribution is 7.12. The molecule has 0 aliphatic carbocycles. The lowest BCUT2D eigenvalue weighted by Gasteiger charge is -2.11. The number of aryl methyl sites for hydroxylation is 2. The third-order valence-corrected chi connectivity index (χ3v) is 4.78. The van der Waals surface area contributed by atoms with Gasteiger partial charge in [-0.2, -0.15) is 0 Å². The zero-order chi connectivity index (χ0) is 14.3. The van der Waals surface area contributed by atoms with Crippen molar-refractivity contribution in [1.29, 1.82) is 0 Å². The van der Waals surface area contributed by atoms with Gasteiger partial charge in [0.2, 0.25) is 0 Å². The molecular weight excluding hydrogens is 273 g/mol. The Bertz CT molecular complexity index is 740. The Morgan fingerprint density at radius 2 is 2.05 bits per heavy atom. The molecule has 2 heterocycles. The van der Waals surface area contributed by atoms with E-state index in [4.69, 9.17) is 4.42 Å². The summed E-state index contributed by atoms with van der Waals surface area (Å²) in [6, 6.07) is 9.01. The van der Waals surface area contributed by atoms with Crippen molar-refractivity contribution < 1.29 is 8.81 Å². The Labute approximate surface area is 121 Å². The summed E-state index contributed by atoms with van der Waals surface area (Å²) >= 11 is 1.74. The minimum atomic E-state index is -0.317. The molecule has 0 amide bonds. The van der Waals surface area contributed by atoms with Gasteiger partial charge < -0.3 is 9.73 Å². The molecule has 1 unspecified atom stereocenters. The quantitative estimate of drug-likeness (QED) is 0.764. The van der Waals surface area contributed by atoms with Gasteiger partial charge in [0, 0.05) is 15.1 Å². The molecule has 3 rings (SSSR count). The fourth-order valence-electron chi connectivity index (χ4n) is 2.36. The monoisotopic (exact) mass is 289 g/mol. The van der Waals surface area contributed by atoms with Gasteiger partial charge >= 0.3 is 0 Å². The van der Waals surface area contributed by atoms with Crippen molar-refractivity contribution in [3.05, 3.63) is 57.2 Å². The molecule has 0 spiro atoms. The Morgan fingerprint density at radius 1 is 1.25 bits per heavy atom. The second-order valence-electron chi connectivity index (χ2n) is 4.92. The molecule has 20 heavy (non-hydrogen) atoms. The van der Waals surface area contributed by atoms with Crippen molar-refractivity contribution in [3.8, 4) is 0 Å². The Morgan fingerprint density at radius 3 is 2.65 bits per heavy atom. The van der Waals surface area contributed by atoms with Gasteiger partial charge in [-0.3, -0.25) is 0 Å². The van der Waals surface area contributed by atoms with E-state index >= 15 is 0 Å². The number of thiophene rings is 1. The summed E-state index contributed by atoms with van der Waals surface area (Å²) in [5.74, 6) is 0.427. The van der Waals surface area contributed by atoms with E-state index in [9.17, 15) is 4.39 Å². The summed E-state index contributed by atoms with van der Waals surface area (Å²) in [5, 5.41) is 4.05. The van der Waals surface area contributed by atoms with Gasteiger partial charge in [0.1, 0.15) is 11.8 Å². The van der Waals surface area contributed by atoms with Crippen molar-refractivity contribution >= 4 is 22.3 Å². The first-order chi connectivity index (χ1) is 9.60. The van der Waals surface area contributed by atoms with Gasteiger partial charge in [-0.25, -0.2) is 4.39 Å². The molecule has 104 valence electrons. The summed E-state index contributed by atoms with van der Waals surface area (Å²) in [7, 11) is 1.89. The Kier molecular flexibility index (Phi) is 3.36. The van der Waals surface area contributed by atoms with Crippen molar-refractivity contribution in [2.24, 2.45) is 0 Å². The van der Waals surface area contributed by atoms with Crippen molar-refractivity contribution in [2.75, 3.05) is 7.05 Å². The molecule has 3 aromatic rings. The van der Waals surface area contributed by atoms with E-state index in [2.05, 4.69) is 25.2 Å². The van der Waals surface area contributed by atoms with E-state index in [1.165, 1.54) is 21.4 Å². The van der Waals surface area contributed by atoms with E-state index in [0.29, 0.717) is 5.58 Å². The Hall–Kier alpha value is -1.65. The van der Waals surface area contributed by atoms with Crippen LogP contribution in [0.4, 0.5) is 4.39 Å². The summed E-state index contributed by atoms with van der Waals surface area (Å²) in [6.45, 7) is 4.20. The minimum Gasteiger partial charge on any atom is -0.456 e. The lowest BCUT2D eigenvalue weighted by Crippen LogP contribution is -2.15. The smallest absolute Gasteiger partial charge is 0.169 e. The van der Waals surface area contributed by atoms with Crippen LogP contribution in [0, 0.1) is 19.7 Å². The highest BCUT2D eigenvalue weighted by atomic mass is 32.1. The van der Waals surface area contributed by atoms with Crippen molar-refractivity contribution in [3.63, 3.8) is 0 Å². The first kappa shape index (κ1) is 13.3. The third-order valence-electron chi connectivity index (χ3n) is 3.56. The van der Waals surface area contributed by atoms with Gasteiger partial charge in [-0.15, -0.1) is 11.3 Å². The predicted octanol–water partition coefficient (Wildman–Crippen LogP) is 4.56. The maximum Gasteiger partial charge on any atom is 0.169 e. The average Bonchev–Trinajstić information content (AvgIpc) is 2.97. The van der Waals surface area contributed by atoms with E-state index < -0.39 is 0 Å². The van der Waals surface area contributed by atoms with Gasteiger partial charge in [0.05, 0.1) is 0 Å². The van der Waals surface area contributed by atoms with Crippen LogP contribution in [-0.4, -0.2) is 7.05 Å². The van der Waals surface area contributed by atoms with Crippen LogP contribution in [-0.2, 0) is 0 Å². The number of furan rings is 1. The van der Waals surface area contributed by atoms with Gasteiger partial charge in [0.15, 0.2) is 11.4 Å². The lowest BCUT2D eigenvalue weighted by molar-refractivity contribution is 0.479. The SMILES string of the molecule is CNC(c1cc2cccc(F)c2o1)c1cc(C)c(C)s1. The average molecular weight is 289 g/mol. The van der Waals surface area contributed by atoms with E-state index in [-0.39, 0.29) is 11.9 Å². The largest absolute Gasteiger partial charge is 0.456 e. The van der Waals surface area contributed by atoms with Crippen LogP contribution >= 0.6 is 11.3 Å². The highest BCUT2D eigenvalue weighted by Crippen LogP contribution is 2.33. The number of hydrogen-bond acceptors (Lipinski definition) is 3. The molecule has 0 bridgehead atoms. The van der Waals surface area contributed by atoms with Gasteiger partial charge in [-0.05, 0) is 44.7 Å². The van der Waals surface area contributed by atoms with Gasteiger partial charge in [-0.1, -0.05) is 12.1 Å².